The zero-order chi connectivity index (χ0) is 10.6. The van der Waals surface area contributed by atoms with E-state index in [-0.39, 0.29) is 17.9 Å². The van der Waals surface area contributed by atoms with Gasteiger partial charge >= 0.3 is 0 Å². The molecule has 0 aromatic rings. The number of carbonyl (C=O) groups is 1. The van der Waals surface area contributed by atoms with E-state index in [0.717, 1.165) is 19.3 Å². The zero-order valence-corrected chi connectivity index (χ0v) is 9.41. The summed E-state index contributed by atoms with van der Waals surface area (Å²) in [6.45, 7) is 0. The first-order valence-electron chi connectivity index (χ1n) is 4.89. The van der Waals surface area contributed by atoms with Crippen LogP contribution in [0.1, 0.15) is 19.3 Å². The topological polar surface area (TPSA) is 53.2 Å². The van der Waals surface area contributed by atoms with E-state index in [1.54, 1.807) is 14.1 Å². The van der Waals surface area contributed by atoms with Crippen molar-refractivity contribution in [1.82, 2.24) is 16.0 Å². The Morgan fingerprint density at radius 2 is 2.00 bits per heavy atom. The summed E-state index contributed by atoms with van der Waals surface area (Å²) in [5.74, 6) is 0.171. The van der Waals surface area contributed by atoms with Gasteiger partial charge in [-0.2, -0.15) is 0 Å². The number of thiocarbonyl (C=S) groups is 1. The highest BCUT2D eigenvalue weighted by atomic mass is 32.1. The Morgan fingerprint density at radius 1 is 1.29 bits per heavy atom. The SMILES string of the molecule is CNC(=O)[C@H]1CCC[C@H]1NC(=S)NC. The summed E-state index contributed by atoms with van der Waals surface area (Å²) in [5, 5.41) is 9.31. The summed E-state index contributed by atoms with van der Waals surface area (Å²) in [4.78, 5) is 11.5. The largest absolute Gasteiger partial charge is 0.366 e. The maximum absolute atomic E-state index is 11.5. The van der Waals surface area contributed by atoms with E-state index in [4.69, 9.17) is 12.2 Å². The number of carbonyl (C=O) groups excluding carboxylic acids is 1. The molecule has 1 fully saturated rings. The first-order valence-corrected chi connectivity index (χ1v) is 5.29. The Bertz CT molecular complexity index is 232. The molecule has 1 amide bonds. The average Bonchev–Trinajstić information content (AvgIpc) is 2.64. The Kier molecular flexibility index (Phi) is 4.13. The number of hydrogen-bond donors (Lipinski definition) is 3. The Morgan fingerprint density at radius 3 is 2.57 bits per heavy atom. The third-order valence-electron chi connectivity index (χ3n) is 2.64. The molecule has 1 aliphatic rings. The summed E-state index contributed by atoms with van der Waals surface area (Å²) < 4.78 is 0. The number of hydrogen-bond acceptors (Lipinski definition) is 2. The number of nitrogens with one attached hydrogen (secondary N) is 3. The highest BCUT2D eigenvalue weighted by Crippen LogP contribution is 2.25. The second-order valence-corrected chi connectivity index (χ2v) is 3.89. The summed E-state index contributed by atoms with van der Waals surface area (Å²) in [6.07, 6.45) is 3.05. The molecule has 0 aromatic carbocycles. The maximum atomic E-state index is 11.5. The molecule has 14 heavy (non-hydrogen) atoms. The molecule has 1 saturated carbocycles. The Balaban J connectivity index is 2.51. The molecule has 4 nitrogen and oxygen atoms in total. The van der Waals surface area contributed by atoms with Gasteiger partial charge in [0.05, 0.1) is 5.92 Å². The highest BCUT2D eigenvalue weighted by molar-refractivity contribution is 7.80. The second-order valence-electron chi connectivity index (χ2n) is 3.48. The molecule has 0 unspecified atom stereocenters. The number of rotatable bonds is 2. The van der Waals surface area contributed by atoms with Crippen LogP contribution in [0, 0.1) is 5.92 Å². The van der Waals surface area contributed by atoms with E-state index in [1.165, 1.54) is 0 Å². The minimum absolute atomic E-state index is 0.0614. The van der Waals surface area contributed by atoms with E-state index in [1.807, 2.05) is 0 Å². The van der Waals surface area contributed by atoms with Crippen molar-refractivity contribution in [2.75, 3.05) is 14.1 Å². The van der Waals surface area contributed by atoms with Gasteiger partial charge in [-0.3, -0.25) is 4.79 Å². The molecule has 0 radical (unpaired) electrons. The summed E-state index contributed by atoms with van der Waals surface area (Å²) in [6, 6.07) is 0.190. The Hall–Kier alpha value is -0.840. The van der Waals surface area contributed by atoms with Crippen molar-refractivity contribution in [3.8, 4) is 0 Å². The van der Waals surface area contributed by atoms with Crippen molar-refractivity contribution >= 4 is 23.2 Å². The van der Waals surface area contributed by atoms with E-state index < -0.39 is 0 Å². The second kappa shape index (κ2) is 5.14. The molecule has 0 aromatic heterocycles. The van der Waals surface area contributed by atoms with Crippen LogP contribution in [0.3, 0.4) is 0 Å². The third-order valence-corrected chi connectivity index (χ3v) is 2.96. The van der Waals surface area contributed by atoms with Gasteiger partial charge in [0.25, 0.3) is 0 Å². The average molecular weight is 215 g/mol. The molecule has 5 heteroatoms. The van der Waals surface area contributed by atoms with Gasteiger partial charge in [0, 0.05) is 20.1 Å². The molecule has 2 atom stereocenters. The lowest BCUT2D eigenvalue weighted by Gasteiger charge is -2.20. The van der Waals surface area contributed by atoms with Crippen LogP contribution in [-0.2, 0) is 4.79 Å². The first-order chi connectivity index (χ1) is 6.69. The van der Waals surface area contributed by atoms with E-state index in [2.05, 4.69) is 16.0 Å². The van der Waals surface area contributed by atoms with E-state index >= 15 is 0 Å². The van der Waals surface area contributed by atoms with Crippen LogP contribution in [0.4, 0.5) is 0 Å². The zero-order valence-electron chi connectivity index (χ0n) is 8.59. The van der Waals surface area contributed by atoms with Crippen molar-refractivity contribution in [2.24, 2.45) is 5.92 Å². The molecule has 0 spiro atoms. The number of amides is 1. The molecular weight excluding hydrogens is 198 g/mol. The fourth-order valence-electron chi connectivity index (χ4n) is 1.87. The fraction of sp³-hybridized carbons (Fsp3) is 0.778. The molecule has 0 aliphatic heterocycles. The van der Waals surface area contributed by atoms with Gasteiger partial charge in [-0.25, -0.2) is 0 Å². The van der Waals surface area contributed by atoms with E-state index in [9.17, 15) is 4.79 Å². The van der Waals surface area contributed by atoms with Crippen LogP contribution in [0.25, 0.3) is 0 Å². The predicted octanol–water partition coefficient (Wildman–Crippen LogP) is -0.00500. The first kappa shape index (κ1) is 11.2. The summed E-state index contributed by atoms with van der Waals surface area (Å²) in [5.41, 5.74) is 0. The van der Waals surface area contributed by atoms with E-state index in [0.29, 0.717) is 5.11 Å². The third kappa shape index (κ3) is 2.57. The van der Waals surface area contributed by atoms with Crippen LogP contribution >= 0.6 is 12.2 Å². The van der Waals surface area contributed by atoms with Crippen LogP contribution in [0.15, 0.2) is 0 Å². The van der Waals surface area contributed by atoms with Gasteiger partial charge in [-0.15, -0.1) is 0 Å². The minimum atomic E-state index is 0.0614. The van der Waals surface area contributed by atoms with Crippen LogP contribution < -0.4 is 16.0 Å². The highest BCUT2D eigenvalue weighted by Gasteiger charge is 2.32. The molecule has 0 heterocycles. The maximum Gasteiger partial charge on any atom is 0.224 e. The summed E-state index contributed by atoms with van der Waals surface area (Å²) in [7, 11) is 3.45. The van der Waals surface area contributed by atoms with Crippen LogP contribution in [0.5, 0.6) is 0 Å². The van der Waals surface area contributed by atoms with Crippen molar-refractivity contribution in [3.05, 3.63) is 0 Å². The lowest BCUT2D eigenvalue weighted by molar-refractivity contribution is -0.124. The molecule has 0 saturated heterocycles. The van der Waals surface area contributed by atoms with Crippen molar-refractivity contribution < 1.29 is 4.79 Å². The Labute approximate surface area is 89.8 Å². The molecular formula is C9H17N3OS. The molecule has 0 bridgehead atoms. The molecule has 1 rings (SSSR count). The predicted molar refractivity (Wildman–Crippen MR) is 60.0 cm³/mol. The molecule has 80 valence electrons. The fourth-order valence-corrected chi connectivity index (χ4v) is 2.02. The standard InChI is InChI=1S/C9H17N3OS/c1-10-8(13)6-4-3-5-7(6)12-9(14)11-2/h6-7H,3-5H2,1-2H3,(H,10,13)(H2,11,12,14)/t6-,7+/m0/s1. The van der Waals surface area contributed by atoms with Gasteiger partial charge in [-0.1, -0.05) is 6.42 Å². The van der Waals surface area contributed by atoms with Gasteiger partial charge in [-0.05, 0) is 25.1 Å². The van der Waals surface area contributed by atoms with Crippen molar-refractivity contribution in [2.45, 2.75) is 25.3 Å². The van der Waals surface area contributed by atoms with Crippen molar-refractivity contribution in [3.63, 3.8) is 0 Å². The smallest absolute Gasteiger partial charge is 0.224 e. The lowest BCUT2D eigenvalue weighted by Crippen LogP contribution is -2.46. The molecule has 1 aliphatic carbocycles. The van der Waals surface area contributed by atoms with Gasteiger partial charge in [0.15, 0.2) is 5.11 Å². The van der Waals surface area contributed by atoms with Crippen LogP contribution in [-0.4, -0.2) is 31.2 Å². The van der Waals surface area contributed by atoms with Gasteiger partial charge < -0.3 is 16.0 Å². The lowest BCUT2D eigenvalue weighted by atomic mass is 10.0. The van der Waals surface area contributed by atoms with Crippen molar-refractivity contribution in [1.29, 1.82) is 0 Å². The molecule has 3 N–H and O–H groups in total. The quantitative estimate of drug-likeness (QED) is 0.567. The monoisotopic (exact) mass is 215 g/mol. The summed E-state index contributed by atoms with van der Waals surface area (Å²) >= 11 is 5.01. The minimum Gasteiger partial charge on any atom is -0.366 e. The normalized spacial score (nSPS) is 25.6. The van der Waals surface area contributed by atoms with Gasteiger partial charge in [0.1, 0.15) is 0 Å². The van der Waals surface area contributed by atoms with Gasteiger partial charge in [0.2, 0.25) is 5.91 Å². The van der Waals surface area contributed by atoms with Crippen LogP contribution in [0.2, 0.25) is 0 Å².